The lowest BCUT2D eigenvalue weighted by Crippen LogP contribution is -2.37. The van der Waals surface area contributed by atoms with Crippen molar-refractivity contribution >= 4 is 5.91 Å². The molecule has 0 bridgehead atoms. The number of likely N-dealkylation sites (tertiary alicyclic amines) is 1. The van der Waals surface area contributed by atoms with Gasteiger partial charge in [0.2, 0.25) is 5.91 Å². The van der Waals surface area contributed by atoms with E-state index in [4.69, 9.17) is 0 Å². The van der Waals surface area contributed by atoms with Crippen molar-refractivity contribution in [2.75, 3.05) is 13.1 Å². The van der Waals surface area contributed by atoms with Gasteiger partial charge in [-0.15, -0.1) is 0 Å². The molecule has 0 aromatic carbocycles. The van der Waals surface area contributed by atoms with Crippen LogP contribution in [-0.4, -0.2) is 23.9 Å². The summed E-state index contributed by atoms with van der Waals surface area (Å²) in [4.78, 5) is 13.0. The van der Waals surface area contributed by atoms with Crippen LogP contribution in [0.25, 0.3) is 0 Å². The molecule has 1 saturated heterocycles. The summed E-state index contributed by atoms with van der Waals surface area (Å²) in [6.07, 6.45) is 3.79. The van der Waals surface area contributed by atoms with E-state index in [0.29, 0.717) is 5.92 Å². The van der Waals surface area contributed by atoms with Crippen molar-refractivity contribution in [1.82, 2.24) is 4.90 Å². The monoisotopic (exact) mass is 153 g/mol. The first kappa shape index (κ1) is 8.31. The van der Waals surface area contributed by atoms with Crippen LogP contribution in [0, 0.1) is 5.92 Å². The fourth-order valence-electron chi connectivity index (χ4n) is 1.52. The van der Waals surface area contributed by atoms with Crippen molar-refractivity contribution in [1.29, 1.82) is 0 Å². The van der Waals surface area contributed by atoms with Gasteiger partial charge in [-0.05, 0) is 24.8 Å². The predicted molar refractivity (Wildman–Crippen MR) is 45.2 cm³/mol. The topological polar surface area (TPSA) is 20.3 Å². The average Bonchev–Trinajstić information content (AvgIpc) is 2.03. The first-order chi connectivity index (χ1) is 5.24. The lowest BCUT2D eigenvalue weighted by atomic mass is 10.0. The molecule has 62 valence electrons. The zero-order valence-electron chi connectivity index (χ0n) is 7.05. The summed E-state index contributed by atoms with van der Waals surface area (Å²) >= 11 is 0. The quantitative estimate of drug-likeness (QED) is 0.522. The molecule has 0 radical (unpaired) electrons. The lowest BCUT2D eigenvalue weighted by Gasteiger charge is -2.29. The molecule has 1 amide bonds. The van der Waals surface area contributed by atoms with E-state index in [2.05, 4.69) is 13.5 Å². The molecular weight excluding hydrogens is 138 g/mol. The van der Waals surface area contributed by atoms with Gasteiger partial charge in [-0.2, -0.15) is 0 Å². The number of rotatable bonds is 1. The molecule has 1 aliphatic heterocycles. The third-order valence-corrected chi connectivity index (χ3v) is 2.14. The third-order valence-electron chi connectivity index (χ3n) is 2.14. The highest BCUT2D eigenvalue weighted by atomic mass is 16.2. The molecule has 1 aliphatic rings. The Labute approximate surface area is 67.9 Å². The van der Waals surface area contributed by atoms with E-state index in [1.165, 1.54) is 12.5 Å². The number of amides is 1. The van der Waals surface area contributed by atoms with Gasteiger partial charge < -0.3 is 4.90 Å². The molecule has 0 aliphatic carbocycles. The third kappa shape index (κ3) is 2.07. The average molecular weight is 153 g/mol. The Balaban J connectivity index is 2.45. The van der Waals surface area contributed by atoms with Gasteiger partial charge in [-0.1, -0.05) is 13.5 Å². The van der Waals surface area contributed by atoms with Crippen molar-refractivity contribution in [3.8, 4) is 0 Å². The summed E-state index contributed by atoms with van der Waals surface area (Å²) in [5, 5.41) is 0. The van der Waals surface area contributed by atoms with E-state index in [1.807, 2.05) is 4.90 Å². The summed E-state index contributed by atoms with van der Waals surface area (Å²) < 4.78 is 0. The Morgan fingerprint density at radius 3 is 3.00 bits per heavy atom. The SMILES string of the molecule is C=CC(=O)N1CCC[C@H](C)C1. The van der Waals surface area contributed by atoms with Crippen molar-refractivity contribution in [2.24, 2.45) is 5.92 Å². The van der Waals surface area contributed by atoms with Crippen LogP contribution in [0.15, 0.2) is 12.7 Å². The lowest BCUT2D eigenvalue weighted by molar-refractivity contribution is -0.127. The van der Waals surface area contributed by atoms with E-state index < -0.39 is 0 Å². The summed E-state index contributed by atoms with van der Waals surface area (Å²) in [6, 6.07) is 0. The molecule has 0 saturated carbocycles. The molecule has 1 heterocycles. The zero-order valence-corrected chi connectivity index (χ0v) is 7.05. The molecule has 0 unspecified atom stereocenters. The van der Waals surface area contributed by atoms with Crippen molar-refractivity contribution in [3.05, 3.63) is 12.7 Å². The van der Waals surface area contributed by atoms with E-state index in [0.717, 1.165) is 19.5 Å². The van der Waals surface area contributed by atoms with E-state index in [1.54, 1.807) is 0 Å². The summed E-state index contributed by atoms with van der Waals surface area (Å²) in [5.74, 6) is 0.740. The zero-order chi connectivity index (χ0) is 8.27. The van der Waals surface area contributed by atoms with Crippen LogP contribution in [-0.2, 0) is 4.79 Å². The fourth-order valence-corrected chi connectivity index (χ4v) is 1.52. The van der Waals surface area contributed by atoms with Gasteiger partial charge in [-0.3, -0.25) is 4.79 Å². The Hall–Kier alpha value is -0.790. The molecule has 1 rings (SSSR count). The van der Waals surface area contributed by atoms with Crippen LogP contribution in [0.4, 0.5) is 0 Å². The number of hydrogen-bond donors (Lipinski definition) is 0. The first-order valence-electron chi connectivity index (χ1n) is 4.15. The second-order valence-electron chi connectivity index (χ2n) is 3.24. The standard InChI is InChI=1S/C9H15NO/c1-3-9(11)10-6-4-5-8(2)7-10/h3,8H,1,4-7H2,2H3/t8-/m0/s1. The highest BCUT2D eigenvalue weighted by molar-refractivity contribution is 5.87. The van der Waals surface area contributed by atoms with Gasteiger partial charge in [0.1, 0.15) is 0 Å². The van der Waals surface area contributed by atoms with Gasteiger partial charge in [0.25, 0.3) is 0 Å². The molecule has 0 spiro atoms. The Morgan fingerprint density at radius 1 is 1.73 bits per heavy atom. The minimum absolute atomic E-state index is 0.0801. The number of carbonyl (C=O) groups excluding carboxylic acids is 1. The number of nitrogens with zero attached hydrogens (tertiary/aromatic N) is 1. The minimum Gasteiger partial charge on any atom is -0.339 e. The molecule has 11 heavy (non-hydrogen) atoms. The highest BCUT2D eigenvalue weighted by Gasteiger charge is 2.18. The largest absolute Gasteiger partial charge is 0.339 e. The first-order valence-corrected chi connectivity index (χ1v) is 4.15. The molecular formula is C9H15NO. The van der Waals surface area contributed by atoms with E-state index in [-0.39, 0.29) is 5.91 Å². The summed E-state index contributed by atoms with van der Waals surface area (Å²) in [7, 11) is 0. The summed E-state index contributed by atoms with van der Waals surface area (Å²) in [5.41, 5.74) is 0. The van der Waals surface area contributed by atoms with Crippen LogP contribution in [0.1, 0.15) is 19.8 Å². The smallest absolute Gasteiger partial charge is 0.245 e. The van der Waals surface area contributed by atoms with Gasteiger partial charge in [0, 0.05) is 13.1 Å². The normalized spacial score (nSPS) is 24.8. The Kier molecular flexibility index (Phi) is 2.69. The van der Waals surface area contributed by atoms with Crippen LogP contribution >= 0.6 is 0 Å². The molecule has 0 N–H and O–H groups in total. The second-order valence-corrected chi connectivity index (χ2v) is 3.24. The van der Waals surface area contributed by atoms with Crippen molar-refractivity contribution in [3.63, 3.8) is 0 Å². The number of piperidine rings is 1. The Morgan fingerprint density at radius 2 is 2.45 bits per heavy atom. The van der Waals surface area contributed by atoms with E-state index >= 15 is 0 Å². The van der Waals surface area contributed by atoms with Gasteiger partial charge in [0.15, 0.2) is 0 Å². The van der Waals surface area contributed by atoms with Crippen LogP contribution in [0.2, 0.25) is 0 Å². The minimum atomic E-state index is 0.0801. The maximum Gasteiger partial charge on any atom is 0.245 e. The summed E-state index contributed by atoms with van der Waals surface area (Å²) in [6.45, 7) is 7.47. The maximum atomic E-state index is 11.1. The maximum absolute atomic E-state index is 11.1. The van der Waals surface area contributed by atoms with Crippen LogP contribution in [0.5, 0.6) is 0 Å². The number of carbonyl (C=O) groups is 1. The molecule has 0 aromatic rings. The number of hydrogen-bond acceptors (Lipinski definition) is 1. The highest BCUT2D eigenvalue weighted by Crippen LogP contribution is 2.15. The molecule has 2 nitrogen and oxygen atoms in total. The van der Waals surface area contributed by atoms with E-state index in [9.17, 15) is 4.79 Å². The van der Waals surface area contributed by atoms with Crippen molar-refractivity contribution < 1.29 is 4.79 Å². The molecule has 1 fully saturated rings. The molecule has 1 atom stereocenters. The van der Waals surface area contributed by atoms with Crippen LogP contribution < -0.4 is 0 Å². The molecule has 0 aromatic heterocycles. The van der Waals surface area contributed by atoms with Gasteiger partial charge >= 0.3 is 0 Å². The second kappa shape index (κ2) is 3.56. The van der Waals surface area contributed by atoms with Gasteiger partial charge in [0.05, 0.1) is 0 Å². The Bertz CT molecular complexity index is 165. The predicted octanol–water partition coefficient (Wildman–Crippen LogP) is 1.43. The van der Waals surface area contributed by atoms with Gasteiger partial charge in [-0.25, -0.2) is 0 Å². The fraction of sp³-hybridized carbons (Fsp3) is 0.667. The van der Waals surface area contributed by atoms with Crippen LogP contribution in [0.3, 0.4) is 0 Å². The van der Waals surface area contributed by atoms with Crippen molar-refractivity contribution in [2.45, 2.75) is 19.8 Å². The molecule has 2 heteroatoms.